The average molecular weight is 251 g/mol. The number of hydrogen-bond acceptors (Lipinski definition) is 3. The number of para-hydroxylation sites is 1. The Morgan fingerprint density at radius 1 is 1.22 bits per heavy atom. The maximum Gasteiger partial charge on any atom is 0.415 e. The number of ether oxygens (including phenoxy) is 1. The second kappa shape index (κ2) is 6.05. The van der Waals surface area contributed by atoms with Gasteiger partial charge in [0.05, 0.1) is 0 Å². The van der Waals surface area contributed by atoms with Crippen LogP contribution in [0.4, 0.5) is 4.79 Å². The van der Waals surface area contributed by atoms with Crippen molar-refractivity contribution in [3.63, 3.8) is 0 Å². The molecule has 0 aromatic heterocycles. The molecule has 0 fully saturated rings. The van der Waals surface area contributed by atoms with Gasteiger partial charge in [-0.05, 0) is 18.1 Å². The van der Waals surface area contributed by atoms with E-state index in [1.54, 1.807) is 44.2 Å². The van der Waals surface area contributed by atoms with Gasteiger partial charge in [-0.15, -0.1) is 0 Å². The van der Waals surface area contributed by atoms with E-state index >= 15 is 0 Å². The Morgan fingerprint density at radius 2 is 1.78 bits per heavy atom. The highest BCUT2D eigenvalue weighted by Crippen LogP contribution is 2.14. The molecule has 0 aliphatic heterocycles. The molecular formula is C13H17NO4. The van der Waals surface area contributed by atoms with Crippen molar-refractivity contribution in [3.8, 4) is 5.75 Å². The molecule has 0 aliphatic carbocycles. The number of amides is 1. The van der Waals surface area contributed by atoms with Crippen molar-refractivity contribution in [1.29, 1.82) is 0 Å². The molecule has 1 N–H and O–H groups in total. The Bertz CT molecular complexity index is 416. The Hall–Kier alpha value is -2.04. The van der Waals surface area contributed by atoms with Crippen LogP contribution in [0.3, 0.4) is 0 Å². The number of likely N-dealkylation sites (N-methyl/N-ethyl adjacent to an activating group) is 1. The number of carboxylic acid groups (broad SMARTS) is 1. The van der Waals surface area contributed by atoms with Crippen molar-refractivity contribution in [2.24, 2.45) is 5.92 Å². The highest BCUT2D eigenvalue weighted by Gasteiger charge is 2.30. The van der Waals surface area contributed by atoms with Crippen LogP contribution in [0.2, 0.25) is 0 Å². The van der Waals surface area contributed by atoms with Crippen LogP contribution in [0.5, 0.6) is 5.75 Å². The van der Waals surface area contributed by atoms with Gasteiger partial charge in [0.2, 0.25) is 0 Å². The standard InChI is InChI=1S/C13H17NO4/c1-9(2)11(12(15)16)14(3)13(17)18-10-7-5-4-6-8-10/h4-9,11H,1-3H3,(H,15,16). The van der Waals surface area contributed by atoms with Gasteiger partial charge in [-0.2, -0.15) is 0 Å². The lowest BCUT2D eigenvalue weighted by atomic mass is 10.0. The van der Waals surface area contributed by atoms with Crippen LogP contribution in [-0.2, 0) is 4.79 Å². The molecule has 1 rings (SSSR count). The lowest BCUT2D eigenvalue weighted by Gasteiger charge is -2.26. The van der Waals surface area contributed by atoms with Gasteiger partial charge >= 0.3 is 12.1 Å². The summed E-state index contributed by atoms with van der Waals surface area (Å²) in [5.41, 5.74) is 0. The Labute approximate surface area is 106 Å². The van der Waals surface area contributed by atoms with Crippen molar-refractivity contribution < 1.29 is 19.4 Å². The van der Waals surface area contributed by atoms with Crippen molar-refractivity contribution in [3.05, 3.63) is 30.3 Å². The molecule has 1 unspecified atom stereocenters. The zero-order chi connectivity index (χ0) is 13.7. The second-order valence-corrected chi connectivity index (χ2v) is 4.32. The molecule has 1 atom stereocenters. The van der Waals surface area contributed by atoms with E-state index in [9.17, 15) is 9.59 Å². The fraction of sp³-hybridized carbons (Fsp3) is 0.385. The SMILES string of the molecule is CC(C)C(C(=O)O)N(C)C(=O)Oc1ccccc1. The van der Waals surface area contributed by atoms with Crippen LogP contribution < -0.4 is 4.74 Å². The van der Waals surface area contributed by atoms with E-state index in [4.69, 9.17) is 9.84 Å². The van der Waals surface area contributed by atoms with Crippen LogP contribution >= 0.6 is 0 Å². The molecule has 1 aromatic rings. The van der Waals surface area contributed by atoms with Crippen LogP contribution in [0.1, 0.15) is 13.8 Å². The summed E-state index contributed by atoms with van der Waals surface area (Å²) >= 11 is 0. The summed E-state index contributed by atoms with van der Waals surface area (Å²) in [6, 6.07) is 7.64. The monoisotopic (exact) mass is 251 g/mol. The number of hydrogen-bond donors (Lipinski definition) is 1. The Balaban J connectivity index is 2.74. The Kier molecular flexibility index (Phi) is 4.71. The van der Waals surface area contributed by atoms with Crippen molar-refractivity contribution >= 4 is 12.1 Å². The van der Waals surface area contributed by atoms with E-state index in [2.05, 4.69) is 0 Å². The lowest BCUT2D eigenvalue weighted by molar-refractivity contribution is -0.143. The molecule has 0 saturated heterocycles. The third-order valence-corrected chi connectivity index (χ3v) is 2.54. The molecule has 0 heterocycles. The number of carboxylic acids is 1. The number of carbonyl (C=O) groups excluding carboxylic acids is 1. The minimum Gasteiger partial charge on any atom is -0.480 e. The lowest BCUT2D eigenvalue weighted by Crippen LogP contribution is -2.46. The van der Waals surface area contributed by atoms with Crippen LogP contribution in [0, 0.1) is 5.92 Å². The van der Waals surface area contributed by atoms with Crippen LogP contribution in [0.15, 0.2) is 30.3 Å². The maximum atomic E-state index is 11.8. The number of benzene rings is 1. The number of rotatable bonds is 4. The molecule has 98 valence electrons. The van der Waals surface area contributed by atoms with E-state index in [0.29, 0.717) is 5.75 Å². The smallest absolute Gasteiger partial charge is 0.415 e. The maximum absolute atomic E-state index is 11.8. The van der Waals surface area contributed by atoms with E-state index in [-0.39, 0.29) is 5.92 Å². The normalized spacial score (nSPS) is 12.0. The average Bonchev–Trinajstić information content (AvgIpc) is 2.29. The Morgan fingerprint density at radius 3 is 2.22 bits per heavy atom. The highest BCUT2D eigenvalue weighted by molar-refractivity contribution is 5.81. The third-order valence-electron chi connectivity index (χ3n) is 2.54. The molecule has 0 aliphatic rings. The summed E-state index contributed by atoms with van der Waals surface area (Å²) in [6.07, 6.45) is -0.678. The van der Waals surface area contributed by atoms with Gasteiger partial charge in [0.1, 0.15) is 11.8 Å². The van der Waals surface area contributed by atoms with Crippen molar-refractivity contribution in [2.45, 2.75) is 19.9 Å². The quantitative estimate of drug-likeness (QED) is 0.891. The minimum atomic E-state index is -1.04. The molecular weight excluding hydrogens is 234 g/mol. The van der Waals surface area contributed by atoms with E-state index in [0.717, 1.165) is 4.90 Å². The summed E-state index contributed by atoms with van der Waals surface area (Å²) in [6.45, 7) is 3.48. The third kappa shape index (κ3) is 3.48. The molecule has 18 heavy (non-hydrogen) atoms. The molecule has 1 amide bonds. The molecule has 0 radical (unpaired) electrons. The second-order valence-electron chi connectivity index (χ2n) is 4.32. The zero-order valence-corrected chi connectivity index (χ0v) is 10.7. The first-order chi connectivity index (χ1) is 8.43. The zero-order valence-electron chi connectivity index (χ0n) is 10.7. The van der Waals surface area contributed by atoms with Crippen molar-refractivity contribution in [1.82, 2.24) is 4.90 Å². The topological polar surface area (TPSA) is 66.8 Å². The molecule has 0 saturated carbocycles. The summed E-state index contributed by atoms with van der Waals surface area (Å²) in [4.78, 5) is 24.0. The number of aliphatic carboxylic acids is 1. The molecule has 0 bridgehead atoms. The predicted octanol–water partition coefficient (Wildman–Crippen LogP) is 2.23. The fourth-order valence-electron chi connectivity index (χ4n) is 1.67. The number of carbonyl (C=O) groups is 2. The fourth-order valence-corrected chi connectivity index (χ4v) is 1.67. The summed E-state index contributed by atoms with van der Waals surface area (Å²) in [5, 5.41) is 9.08. The first-order valence-corrected chi connectivity index (χ1v) is 5.66. The van der Waals surface area contributed by atoms with Gasteiger partial charge in [-0.3, -0.25) is 4.90 Å². The van der Waals surface area contributed by atoms with Gasteiger partial charge in [0.25, 0.3) is 0 Å². The van der Waals surface area contributed by atoms with Crippen LogP contribution in [0.25, 0.3) is 0 Å². The number of nitrogens with zero attached hydrogens (tertiary/aromatic N) is 1. The van der Waals surface area contributed by atoms with E-state index < -0.39 is 18.1 Å². The van der Waals surface area contributed by atoms with Gasteiger partial charge in [-0.1, -0.05) is 32.0 Å². The molecule has 0 spiro atoms. The largest absolute Gasteiger partial charge is 0.480 e. The van der Waals surface area contributed by atoms with Crippen LogP contribution in [-0.4, -0.2) is 35.2 Å². The van der Waals surface area contributed by atoms with Gasteiger partial charge in [0.15, 0.2) is 0 Å². The first-order valence-electron chi connectivity index (χ1n) is 5.66. The summed E-state index contributed by atoms with van der Waals surface area (Å²) in [5.74, 6) is -0.851. The molecule has 5 nitrogen and oxygen atoms in total. The highest BCUT2D eigenvalue weighted by atomic mass is 16.6. The minimum absolute atomic E-state index is 0.198. The first kappa shape index (κ1) is 14.0. The van der Waals surface area contributed by atoms with Crippen molar-refractivity contribution in [2.75, 3.05) is 7.05 Å². The molecule has 5 heteroatoms. The summed E-state index contributed by atoms with van der Waals surface area (Å²) in [7, 11) is 1.42. The van der Waals surface area contributed by atoms with Gasteiger partial charge in [-0.25, -0.2) is 9.59 Å². The molecule has 1 aromatic carbocycles. The van der Waals surface area contributed by atoms with Gasteiger partial charge in [0, 0.05) is 7.05 Å². The predicted molar refractivity (Wildman–Crippen MR) is 66.5 cm³/mol. The summed E-state index contributed by atoms with van der Waals surface area (Å²) < 4.78 is 5.08. The van der Waals surface area contributed by atoms with E-state index in [1.807, 2.05) is 0 Å². The van der Waals surface area contributed by atoms with Gasteiger partial charge < -0.3 is 9.84 Å². The van der Waals surface area contributed by atoms with E-state index in [1.165, 1.54) is 7.05 Å².